The van der Waals surface area contributed by atoms with Gasteiger partial charge < -0.3 is 28.4 Å². The van der Waals surface area contributed by atoms with Gasteiger partial charge in [-0.2, -0.15) is 5.10 Å². The smallest absolute Gasteiger partial charge is 0.330 e. The average Bonchev–Trinajstić information content (AvgIpc) is 3.82. The van der Waals surface area contributed by atoms with Gasteiger partial charge in [-0.3, -0.25) is 9.59 Å². The van der Waals surface area contributed by atoms with Crippen LogP contribution in [-0.4, -0.2) is 69.4 Å². The highest BCUT2D eigenvalue weighted by Gasteiger charge is 2.34. The van der Waals surface area contributed by atoms with Crippen molar-refractivity contribution >= 4 is 50.8 Å². The molecule has 7 rings (SSSR count). The molecule has 3 aliphatic carbocycles. The number of para-hydroxylation sites is 1. The lowest BCUT2D eigenvalue weighted by Crippen LogP contribution is -2.30. The zero-order chi connectivity index (χ0) is 48.2. The molecule has 4 aromatic rings. The summed E-state index contributed by atoms with van der Waals surface area (Å²) in [7, 11) is 1.65. The van der Waals surface area contributed by atoms with Gasteiger partial charge in [-0.25, -0.2) is 14.8 Å². The molecule has 3 fully saturated rings. The fourth-order valence-corrected chi connectivity index (χ4v) is 11.3. The van der Waals surface area contributed by atoms with E-state index in [-0.39, 0.29) is 30.5 Å². The van der Waals surface area contributed by atoms with Crippen LogP contribution < -0.4 is 19.2 Å². The molecule has 0 saturated heterocycles. The van der Waals surface area contributed by atoms with Crippen molar-refractivity contribution in [3.8, 4) is 17.2 Å². The van der Waals surface area contributed by atoms with E-state index in [1.54, 1.807) is 53.9 Å². The Morgan fingerprint density at radius 2 is 1.42 bits per heavy atom. The first kappa shape index (κ1) is 51.7. The Balaban J connectivity index is 0.950. The topological polar surface area (TPSA) is 135 Å². The van der Waals surface area contributed by atoms with Gasteiger partial charge in [-0.15, -0.1) is 0 Å². The lowest BCUT2D eigenvalue weighted by molar-refractivity contribution is -0.145. The van der Waals surface area contributed by atoms with Crippen LogP contribution >= 0.6 is 11.3 Å². The van der Waals surface area contributed by atoms with Gasteiger partial charge in [-0.1, -0.05) is 68.7 Å². The van der Waals surface area contributed by atoms with Crippen LogP contribution in [0.25, 0.3) is 10.2 Å². The van der Waals surface area contributed by atoms with E-state index in [4.69, 9.17) is 38.5 Å². The van der Waals surface area contributed by atoms with E-state index in [9.17, 15) is 14.4 Å². The molecule has 0 bridgehead atoms. The number of ether oxygens (including phenoxy) is 6. The van der Waals surface area contributed by atoms with Crippen LogP contribution in [0.1, 0.15) is 140 Å². The molecular weight excluding hydrogens is 891 g/mol. The van der Waals surface area contributed by atoms with E-state index in [2.05, 4.69) is 25.6 Å². The molecule has 3 aromatic carbocycles. The Hall–Kier alpha value is -5.11. The first-order valence-electron chi connectivity index (χ1n) is 25.6. The van der Waals surface area contributed by atoms with Gasteiger partial charge >= 0.3 is 17.9 Å². The number of aromatic nitrogens is 1. The number of anilines is 1. The van der Waals surface area contributed by atoms with Crippen molar-refractivity contribution in [3.63, 3.8) is 0 Å². The third-order valence-corrected chi connectivity index (χ3v) is 15.4. The molecule has 69 heavy (non-hydrogen) atoms. The lowest BCUT2D eigenvalue weighted by atomic mass is 9.68. The molecule has 1 aromatic heterocycles. The van der Waals surface area contributed by atoms with E-state index in [0.717, 1.165) is 72.1 Å². The number of carbonyl (C=O) groups is 3. The number of nitrogens with zero attached hydrogens (tertiary/aromatic N) is 3. The van der Waals surface area contributed by atoms with Crippen LogP contribution in [-0.2, 0) is 28.6 Å². The summed E-state index contributed by atoms with van der Waals surface area (Å²) < 4.78 is 35.1. The molecule has 0 aliphatic heterocycles. The van der Waals surface area contributed by atoms with Gasteiger partial charge in [0, 0.05) is 18.7 Å². The van der Waals surface area contributed by atoms with Gasteiger partial charge in [0.2, 0.25) is 5.13 Å². The highest BCUT2D eigenvalue weighted by atomic mass is 32.1. The highest BCUT2D eigenvalue weighted by Crippen LogP contribution is 2.45. The Kier molecular flexibility index (Phi) is 20.5. The quantitative estimate of drug-likeness (QED) is 0.0119. The molecule has 3 saturated carbocycles. The monoisotopic (exact) mass is 964 g/mol. The van der Waals surface area contributed by atoms with Gasteiger partial charge in [0.1, 0.15) is 24.0 Å². The Morgan fingerprint density at radius 1 is 0.754 bits per heavy atom. The second-order valence-corrected chi connectivity index (χ2v) is 20.1. The minimum Gasteiger partial charge on any atom is -0.494 e. The number of esters is 3. The number of hydrogen-bond acceptors (Lipinski definition) is 13. The predicted octanol–water partition coefficient (Wildman–Crippen LogP) is 12.6. The van der Waals surface area contributed by atoms with E-state index in [1.165, 1.54) is 63.0 Å². The molecule has 0 unspecified atom stereocenters. The number of benzene rings is 3. The van der Waals surface area contributed by atoms with Crippen molar-refractivity contribution < 1.29 is 42.8 Å². The first-order chi connectivity index (χ1) is 33.8. The number of fused-ring (bicyclic) bond motifs is 1. The fourth-order valence-electron chi connectivity index (χ4n) is 10.4. The SMILES string of the molecule is C=CC(=O)OCCCCCCOc1ccc(OC(=O)C2CCC(C(=O)Oc3ccc(C4CCC(C5CCC(CCC)CC5)CC4)cc3/C=N/N(COCCOC)c3nc4ccccc4s3)CC2)cc1. The van der Waals surface area contributed by atoms with E-state index < -0.39 is 5.97 Å². The molecule has 0 amide bonds. The van der Waals surface area contributed by atoms with Crippen LogP contribution in [0.2, 0.25) is 0 Å². The lowest BCUT2D eigenvalue weighted by Gasteiger charge is -2.38. The molecule has 1 heterocycles. The molecule has 0 radical (unpaired) electrons. The van der Waals surface area contributed by atoms with Crippen LogP contribution in [0, 0.1) is 29.6 Å². The molecule has 0 atom stereocenters. The molecule has 0 spiro atoms. The van der Waals surface area contributed by atoms with Crippen molar-refractivity contribution in [2.45, 2.75) is 128 Å². The summed E-state index contributed by atoms with van der Waals surface area (Å²) in [4.78, 5) is 43.2. The second kappa shape index (κ2) is 27.3. The first-order valence-corrected chi connectivity index (χ1v) is 26.4. The standard InChI is InChI=1S/C56H73N3O9S/c1-4-12-40-15-17-41(18-16-40)42-19-21-43(22-20-42)46-27-32-51(47(37-46)38-57-59(39-64-36-35-63-3)56-58-50-13-8-9-14-52(50)69-56)68-55(62)45-25-23-44(24-26-45)54(61)67-49-30-28-48(29-31-49)65-33-10-6-7-11-34-66-53(60)5-2/h5,8-9,13-14,27-32,37-38,40-45H,2,4,6-7,10-12,15-26,33-36,39H2,1,3H3/b57-38+. The Labute approximate surface area is 413 Å². The predicted molar refractivity (Wildman–Crippen MR) is 272 cm³/mol. The van der Waals surface area contributed by atoms with Crippen LogP contribution in [0.3, 0.4) is 0 Å². The Morgan fingerprint density at radius 3 is 2.10 bits per heavy atom. The molecule has 13 heteroatoms. The maximum atomic E-state index is 13.9. The summed E-state index contributed by atoms with van der Waals surface area (Å²) in [5.74, 6) is 3.04. The Bertz CT molecular complexity index is 2220. The number of unbranched alkanes of at least 4 members (excludes halogenated alkanes) is 3. The maximum Gasteiger partial charge on any atom is 0.330 e. The summed E-state index contributed by atoms with van der Waals surface area (Å²) in [6, 6.07) is 21.4. The van der Waals surface area contributed by atoms with E-state index in [1.807, 2.05) is 30.3 Å². The normalized spacial score (nSPS) is 21.7. The summed E-state index contributed by atoms with van der Waals surface area (Å²) in [5, 5.41) is 7.40. The zero-order valence-electron chi connectivity index (χ0n) is 40.9. The molecule has 372 valence electrons. The van der Waals surface area contributed by atoms with E-state index >= 15 is 0 Å². The third-order valence-electron chi connectivity index (χ3n) is 14.4. The van der Waals surface area contributed by atoms with Crippen molar-refractivity contribution in [1.82, 2.24) is 4.98 Å². The van der Waals surface area contributed by atoms with Crippen LogP contribution in [0.4, 0.5) is 5.13 Å². The van der Waals surface area contributed by atoms with Gasteiger partial charge in [-0.05, 0) is 168 Å². The number of methoxy groups -OCH3 is 1. The second-order valence-electron chi connectivity index (χ2n) is 19.1. The van der Waals surface area contributed by atoms with Crippen LogP contribution in [0.15, 0.2) is 84.5 Å². The molecule has 0 N–H and O–H groups in total. The summed E-state index contributed by atoms with van der Waals surface area (Å²) in [6.45, 7) is 7.70. The van der Waals surface area contributed by atoms with Crippen molar-refractivity contribution in [2.24, 2.45) is 34.7 Å². The molecule has 12 nitrogen and oxygen atoms in total. The maximum absolute atomic E-state index is 13.9. The summed E-state index contributed by atoms with van der Waals surface area (Å²) >= 11 is 1.54. The molecule has 3 aliphatic rings. The summed E-state index contributed by atoms with van der Waals surface area (Å²) in [5.41, 5.74) is 2.87. The number of rotatable bonds is 25. The van der Waals surface area contributed by atoms with Crippen molar-refractivity contribution in [2.75, 3.05) is 45.3 Å². The minimum atomic E-state index is -0.394. The van der Waals surface area contributed by atoms with Gasteiger partial charge in [0.15, 0.2) is 0 Å². The number of hydrazone groups is 1. The van der Waals surface area contributed by atoms with Crippen molar-refractivity contribution in [1.29, 1.82) is 0 Å². The number of carbonyl (C=O) groups excluding carboxylic acids is 3. The van der Waals surface area contributed by atoms with E-state index in [0.29, 0.717) is 80.4 Å². The zero-order valence-corrected chi connectivity index (χ0v) is 41.7. The number of hydrogen-bond donors (Lipinski definition) is 0. The van der Waals surface area contributed by atoms with Crippen LogP contribution in [0.5, 0.6) is 17.2 Å². The molecular formula is C56H73N3O9S. The third kappa shape index (κ3) is 15.7. The number of thiazole rings is 1. The minimum absolute atomic E-state index is 0.172. The average molecular weight is 964 g/mol. The summed E-state index contributed by atoms with van der Waals surface area (Å²) in [6.07, 6.45) is 21.8. The largest absolute Gasteiger partial charge is 0.494 e. The van der Waals surface area contributed by atoms with Gasteiger partial charge in [0.25, 0.3) is 0 Å². The van der Waals surface area contributed by atoms with Gasteiger partial charge in [0.05, 0.1) is 54.7 Å². The fraction of sp³-hybridized carbons (Fsp3) is 0.554. The highest BCUT2D eigenvalue weighted by molar-refractivity contribution is 7.22. The van der Waals surface area contributed by atoms with Crippen molar-refractivity contribution in [3.05, 3.63) is 90.5 Å².